The quantitative estimate of drug-likeness (QED) is 0.335. The molecule has 4 atom stereocenters. The SMILES string of the molecule is O=C(O)[C@H]1CC[C@]2(CC1Nc1cccc(Cl)c1)c1ccccc1CC2c1cccc2ccoc12. The normalized spacial score (nSPS) is 26.0. The van der Waals surface area contributed by atoms with Gasteiger partial charge in [0.05, 0.1) is 12.2 Å². The molecule has 1 fully saturated rings. The number of halogens is 1. The van der Waals surface area contributed by atoms with Crippen LogP contribution in [0.15, 0.2) is 83.5 Å². The third-order valence-corrected chi connectivity index (χ3v) is 8.23. The Hall–Kier alpha value is -3.24. The average Bonchev–Trinajstić information content (AvgIpc) is 3.43. The van der Waals surface area contributed by atoms with E-state index in [0.717, 1.165) is 35.9 Å². The zero-order valence-corrected chi connectivity index (χ0v) is 19.5. The number of rotatable bonds is 4. The van der Waals surface area contributed by atoms with Gasteiger partial charge in [0.1, 0.15) is 5.58 Å². The van der Waals surface area contributed by atoms with E-state index in [4.69, 9.17) is 16.0 Å². The average molecular weight is 472 g/mol. The minimum atomic E-state index is -0.745. The molecule has 6 rings (SSSR count). The van der Waals surface area contributed by atoms with Gasteiger partial charge in [-0.1, -0.05) is 60.1 Å². The summed E-state index contributed by atoms with van der Waals surface area (Å²) in [7, 11) is 0. The number of nitrogens with one attached hydrogen (secondary N) is 1. The Kier molecular flexibility index (Phi) is 5.14. The summed E-state index contributed by atoms with van der Waals surface area (Å²) in [4.78, 5) is 12.3. The van der Waals surface area contributed by atoms with Gasteiger partial charge in [0.2, 0.25) is 0 Å². The summed E-state index contributed by atoms with van der Waals surface area (Å²) in [6.45, 7) is 0. The number of carboxylic acids is 1. The predicted octanol–water partition coefficient (Wildman–Crippen LogP) is 7.03. The van der Waals surface area contributed by atoms with Gasteiger partial charge in [-0.3, -0.25) is 4.79 Å². The highest BCUT2D eigenvalue weighted by molar-refractivity contribution is 6.30. The second kappa shape index (κ2) is 8.21. The van der Waals surface area contributed by atoms with Gasteiger partial charge in [-0.15, -0.1) is 0 Å². The summed E-state index contributed by atoms with van der Waals surface area (Å²) >= 11 is 6.23. The van der Waals surface area contributed by atoms with Crippen molar-refractivity contribution >= 4 is 34.2 Å². The van der Waals surface area contributed by atoms with Crippen molar-refractivity contribution in [2.75, 3.05) is 5.32 Å². The number of para-hydroxylation sites is 1. The number of carboxylic acid groups (broad SMARTS) is 1. The Bertz CT molecular complexity index is 1380. The molecule has 172 valence electrons. The molecule has 0 amide bonds. The van der Waals surface area contributed by atoms with Crippen LogP contribution in [0.2, 0.25) is 5.02 Å². The minimum absolute atomic E-state index is 0.167. The van der Waals surface area contributed by atoms with Gasteiger partial charge in [0.15, 0.2) is 0 Å². The molecular formula is C29H26ClNO3. The molecule has 0 saturated heterocycles. The Balaban J connectivity index is 1.46. The van der Waals surface area contributed by atoms with Crippen LogP contribution in [0.25, 0.3) is 11.0 Å². The lowest BCUT2D eigenvalue weighted by atomic mass is 9.60. The number of carbonyl (C=O) groups is 1. The van der Waals surface area contributed by atoms with E-state index in [1.54, 1.807) is 6.26 Å². The van der Waals surface area contributed by atoms with Crippen molar-refractivity contribution in [3.8, 4) is 0 Å². The molecule has 1 heterocycles. The van der Waals surface area contributed by atoms with Crippen molar-refractivity contribution < 1.29 is 14.3 Å². The molecule has 34 heavy (non-hydrogen) atoms. The smallest absolute Gasteiger partial charge is 0.308 e. The fourth-order valence-electron chi connectivity index (χ4n) is 6.54. The lowest BCUT2D eigenvalue weighted by Crippen LogP contribution is -2.48. The molecule has 2 N–H and O–H groups in total. The molecule has 1 saturated carbocycles. The Morgan fingerprint density at radius 1 is 1.06 bits per heavy atom. The number of benzene rings is 3. The molecular weight excluding hydrogens is 446 g/mol. The lowest BCUT2D eigenvalue weighted by Gasteiger charge is -2.46. The monoisotopic (exact) mass is 471 g/mol. The molecule has 0 aliphatic heterocycles. The van der Waals surface area contributed by atoms with Crippen LogP contribution in [0.3, 0.4) is 0 Å². The van der Waals surface area contributed by atoms with Crippen LogP contribution in [-0.2, 0) is 16.6 Å². The van der Waals surface area contributed by atoms with E-state index >= 15 is 0 Å². The van der Waals surface area contributed by atoms with Gasteiger partial charge in [-0.25, -0.2) is 0 Å². The van der Waals surface area contributed by atoms with E-state index in [1.807, 2.05) is 30.3 Å². The zero-order chi connectivity index (χ0) is 23.3. The number of anilines is 1. The summed E-state index contributed by atoms with van der Waals surface area (Å²) in [5.74, 6) is -0.985. The first-order valence-electron chi connectivity index (χ1n) is 11.8. The maximum atomic E-state index is 12.3. The molecule has 4 aromatic rings. The van der Waals surface area contributed by atoms with E-state index in [1.165, 1.54) is 16.7 Å². The van der Waals surface area contributed by atoms with Crippen LogP contribution in [0.4, 0.5) is 5.69 Å². The summed E-state index contributed by atoms with van der Waals surface area (Å²) < 4.78 is 5.96. The predicted molar refractivity (Wildman–Crippen MR) is 135 cm³/mol. The molecule has 3 aromatic carbocycles. The van der Waals surface area contributed by atoms with Crippen LogP contribution in [0.5, 0.6) is 0 Å². The lowest BCUT2D eigenvalue weighted by molar-refractivity contribution is -0.143. The van der Waals surface area contributed by atoms with Crippen LogP contribution in [0, 0.1) is 5.92 Å². The third kappa shape index (κ3) is 3.40. The molecule has 2 unspecified atom stereocenters. The molecule has 5 heteroatoms. The van der Waals surface area contributed by atoms with Crippen molar-refractivity contribution in [2.24, 2.45) is 5.92 Å². The zero-order valence-electron chi connectivity index (χ0n) is 18.7. The van der Waals surface area contributed by atoms with Crippen molar-refractivity contribution in [2.45, 2.75) is 43.1 Å². The summed E-state index contributed by atoms with van der Waals surface area (Å²) in [5, 5.41) is 15.4. The van der Waals surface area contributed by atoms with E-state index in [9.17, 15) is 9.90 Å². The van der Waals surface area contributed by atoms with Crippen LogP contribution >= 0.6 is 11.6 Å². The van der Waals surface area contributed by atoms with E-state index in [0.29, 0.717) is 11.4 Å². The molecule has 2 aliphatic rings. The largest absolute Gasteiger partial charge is 0.481 e. The fourth-order valence-corrected chi connectivity index (χ4v) is 6.73. The number of fused-ring (bicyclic) bond motifs is 3. The van der Waals surface area contributed by atoms with Gasteiger partial charge in [-0.2, -0.15) is 0 Å². The molecule has 4 nitrogen and oxygen atoms in total. The van der Waals surface area contributed by atoms with Crippen molar-refractivity contribution in [1.29, 1.82) is 0 Å². The van der Waals surface area contributed by atoms with Gasteiger partial charge in [0, 0.05) is 33.5 Å². The first-order chi connectivity index (χ1) is 16.5. The van der Waals surface area contributed by atoms with Gasteiger partial charge in [0.25, 0.3) is 0 Å². The molecule has 2 aliphatic carbocycles. The van der Waals surface area contributed by atoms with Gasteiger partial charge >= 0.3 is 5.97 Å². The second-order valence-corrected chi connectivity index (χ2v) is 10.1. The van der Waals surface area contributed by atoms with E-state index < -0.39 is 11.9 Å². The van der Waals surface area contributed by atoms with Crippen molar-refractivity contribution in [1.82, 2.24) is 0 Å². The molecule has 0 radical (unpaired) electrons. The van der Waals surface area contributed by atoms with Crippen LogP contribution < -0.4 is 5.32 Å². The number of aliphatic carboxylic acids is 1. The van der Waals surface area contributed by atoms with E-state index in [-0.39, 0.29) is 17.4 Å². The maximum absolute atomic E-state index is 12.3. The molecule has 0 bridgehead atoms. The Morgan fingerprint density at radius 3 is 2.76 bits per heavy atom. The summed E-state index contributed by atoms with van der Waals surface area (Å²) in [6.07, 6.45) is 4.86. The van der Waals surface area contributed by atoms with Gasteiger partial charge < -0.3 is 14.8 Å². The Labute approximate surface area is 203 Å². The highest BCUT2D eigenvalue weighted by atomic mass is 35.5. The molecule has 1 aromatic heterocycles. The van der Waals surface area contributed by atoms with Crippen molar-refractivity contribution in [3.63, 3.8) is 0 Å². The summed E-state index contributed by atoms with van der Waals surface area (Å²) in [6, 6.07) is 24.4. The third-order valence-electron chi connectivity index (χ3n) is 7.99. The van der Waals surface area contributed by atoms with Crippen LogP contribution in [-0.4, -0.2) is 17.1 Å². The first kappa shape index (κ1) is 21.3. The first-order valence-corrected chi connectivity index (χ1v) is 12.2. The standard InChI is InChI=1S/C29H26ClNO3/c30-20-7-4-8-21(16-20)31-26-17-29(13-11-23(26)28(32)33)24-10-2-1-5-19(24)15-25(29)22-9-3-6-18-12-14-34-27(18)22/h1-10,12,14,16,23,25-26,31H,11,13,15,17H2,(H,32,33)/t23-,25?,26?,29-/m0/s1. The highest BCUT2D eigenvalue weighted by Crippen LogP contribution is 2.58. The van der Waals surface area contributed by atoms with Crippen LogP contribution in [0.1, 0.15) is 41.9 Å². The van der Waals surface area contributed by atoms with Crippen molar-refractivity contribution in [3.05, 3.63) is 101 Å². The minimum Gasteiger partial charge on any atom is -0.481 e. The van der Waals surface area contributed by atoms with E-state index in [2.05, 4.69) is 47.8 Å². The number of hydrogen-bond acceptors (Lipinski definition) is 3. The maximum Gasteiger partial charge on any atom is 0.308 e. The van der Waals surface area contributed by atoms with Gasteiger partial charge in [-0.05, 0) is 66.6 Å². The second-order valence-electron chi connectivity index (χ2n) is 9.70. The number of furan rings is 1. The molecule has 1 spiro atoms. The fraction of sp³-hybridized carbons (Fsp3) is 0.276. The topological polar surface area (TPSA) is 62.5 Å². The Morgan fingerprint density at radius 2 is 1.91 bits per heavy atom. The highest BCUT2D eigenvalue weighted by Gasteiger charge is 2.53. The summed E-state index contributed by atoms with van der Waals surface area (Å²) in [5.41, 5.74) is 5.56. The number of hydrogen-bond donors (Lipinski definition) is 2.